The van der Waals surface area contributed by atoms with Crippen molar-refractivity contribution in [2.45, 2.75) is 6.61 Å². The second-order valence-corrected chi connectivity index (χ2v) is 5.56. The highest BCUT2D eigenvalue weighted by Crippen LogP contribution is 2.31. The molecule has 0 atom stereocenters. The van der Waals surface area contributed by atoms with Gasteiger partial charge in [-0.15, -0.1) is 0 Å². The minimum atomic E-state index is -0.295. The normalized spacial score (nSPS) is 11.5. The number of nitrogens with one attached hydrogen (secondary N) is 1. The number of para-hydroxylation sites is 1. The summed E-state index contributed by atoms with van der Waals surface area (Å²) in [5.74, 6) is 0. The topological polar surface area (TPSA) is 66.0 Å². The van der Waals surface area contributed by atoms with Gasteiger partial charge < -0.3 is 10.1 Å². The molecule has 0 fully saturated rings. The molecule has 0 bridgehead atoms. The van der Waals surface area contributed by atoms with Crippen molar-refractivity contribution in [3.63, 3.8) is 0 Å². The van der Waals surface area contributed by atoms with Gasteiger partial charge in [0.1, 0.15) is 0 Å². The Balaban J connectivity index is 2.42. The number of H-pyrrole nitrogens is 1. The van der Waals surface area contributed by atoms with Crippen molar-refractivity contribution in [3.8, 4) is 0 Å². The van der Waals surface area contributed by atoms with E-state index in [2.05, 4.69) is 9.97 Å². The second-order valence-electron chi connectivity index (χ2n) is 5.13. The summed E-state index contributed by atoms with van der Waals surface area (Å²) in [6.07, 6.45) is 0. The van der Waals surface area contributed by atoms with Crippen LogP contribution in [0.4, 0.5) is 0 Å². The molecule has 0 radical (unpaired) electrons. The number of halogens is 1. The van der Waals surface area contributed by atoms with Gasteiger partial charge in [0.05, 0.1) is 23.2 Å². The summed E-state index contributed by atoms with van der Waals surface area (Å²) in [6.45, 7) is -0.295. The smallest absolute Gasteiger partial charge is 0.258 e. The molecule has 0 amide bonds. The lowest BCUT2D eigenvalue weighted by molar-refractivity contribution is 0.279. The van der Waals surface area contributed by atoms with Gasteiger partial charge in [-0.25, -0.2) is 4.98 Å². The zero-order valence-corrected chi connectivity index (χ0v) is 12.2. The Hall–Kier alpha value is -2.43. The first-order valence-corrected chi connectivity index (χ1v) is 7.20. The molecule has 4 aromatic rings. The lowest BCUT2D eigenvalue weighted by Crippen LogP contribution is -2.10. The Morgan fingerprint density at radius 1 is 1.09 bits per heavy atom. The first kappa shape index (κ1) is 13.2. The third kappa shape index (κ3) is 1.81. The highest BCUT2D eigenvalue weighted by atomic mass is 35.5. The van der Waals surface area contributed by atoms with Crippen LogP contribution in [0, 0.1) is 0 Å². The third-order valence-corrected chi connectivity index (χ3v) is 4.08. The zero-order valence-electron chi connectivity index (χ0n) is 11.4. The summed E-state index contributed by atoms with van der Waals surface area (Å²) in [5, 5.41) is 13.1. The molecule has 0 aliphatic heterocycles. The standard InChI is InChI=1S/C17H11ClN2O2/c18-9-5-6-13-11(7-9)15-10-3-1-2-4-12(10)19-14(8-21)16(15)17(22)20-13/h1-7,21H,8H2,(H,20,22). The molecule has 22 heavy (non-hydrogen) atoms. The van der Waals surface area contributed by atoms with Crippen LogP contribution in [0.1, 0.15) is 5.69 Å². The van der Waals surface area contributed by atoms with Gasteiger partial charge in [0.15, 0.2) is 0 Å². The number of aliphatic hydroxyl groups is 1. The van der Waals surface area contributed by atoms with Gasteiger partial charge in [-0.2, -0.15) is 0 Å². The maximum Gasteiger partial charge on any atom is 0.258 e. The quantitative estimate of drug-likeness (QED) is 0.530. The number of hydrogen-bond acceptors (Lipinski definition) is 3. The molecule has 0 aliphatic carbocycles. The van der Waals surface area contributed by atoms with E-state index >= 15 is 0 Å². The average Bonchev–Trinajstić information content (AvgIpc) is 2.54. The summed E-state index contributed by atoms with van der Waals surface area (Å²) in [4.78, 5) is 19.7. The number of aromatic nitrogens is 2. The fourth-order valence-corrected chi connectivity index (χ4v) is 3.09. The Labute approximate surface area is 130 Å². The van der Waals surface area contributed by atoms with Crippen molar-refractivity contribution in [2.24, 2.45) is 0 Å². The number of hydrogen-bond donors (Lipinski definition) is 2. The molecule has 5 heteroatoms. The summed E-state index contributed by atoms with van der Waals surface area (Å²) in [6, 6.07) is 12.9. The first-order chi connectivity index (χ1) is 10.7. The van der Waals surface area contributed by atoms with Crippen LogP contribution in [0.15, 0.2) is 47.3 Å². The molecular weight excluding hydrogens is 300 g/mol. The summed E-state index contributed by atoms with van der Waals surface area (Å²) in [7, 11) is 0. The molecule has 4 nitrogen and oxygen atoms in total. The van der Waals surface area contributed by atoms with E-state index in [1.807, 2.05) is 30.3 Å². The number of rotatable bonds is 1. The number of benzene rings is 2. The van der Waals surface area contributed by atoms with Gasteiger partial charge in [0.2, 0.25) is 0 Å². The summed E-state index contributed by atoms with van der Waals surface area (Å²) >= 11 is 6.13. The van der Waals surface area contributed by atoms with Crippen LogP contribution in [-0.2, 0) is 6.61 Å². The van der Waals surface area contributed by atoms with Gasteiger partial charge >= 0.3 is 0 Å². The van der Waals surface area contributed by atoms with E-state index < -0.39 is 0 Å². The van der Waals surface area contributed by atoms with Crippen LogP contribution in [-0.4, -0.2) is 15.1 Å². The molecular formula is C17H11ClN2O2. The van der Waals surface area contributed by atoms with Crippen molar-refractivity contribution in [1.82, 2.24) is 9.97 Å². The Kier molecular flexibility index (Phi) is 2.89. The number of aromatic amines is 1. The van der Waals surface area contributed by atoms with Gasteiger partial charge in [-0.3, -0.25) is 4.79 Å². The third-order valence-electron chi connectivity index (χ3n) is 3.84. The predicted molar refractivity (Wildman–Crippen MR) is 88.3 cm³/mol. The molecule has 2 aromatic carbocycles. The number of pyridine rings is 2. The largest absolute Gasteiger partial charge is 0.390 e. The van der Waals surface area contributed by atoms with Crippen LogP contribution >= 0.6 is 11.6 Å². The zero-order chi connectivity index (χ0) is 15.3. The highest BCUT2D eigenvalue weighted by molar-refractivity contribution is 6.32. The summed E-state index contributed by atoms with van der Waals surface area (Å²) < 4.78 is 0. The molecule has 0 unspecified atom stereocenters. The van der Waals surface area contributed by atoms with E-state index in [-0.39, 0.29) is 12.2 Å². The summed E-state index contributed by atoms with van der Waals surface area (Å²) in [5.41, 5.74) is 1.57. The minimum absolute atomic E-state index is 0.257. The SMILES string of the molecule is O=c1[nH]c2ccc(Cl)cc2c2c1c(CO)nc1ccccc12. The fraction of sp³-hybridized carbons (Fsp3) is 0.0588. The highest BCUT2D eigenvalue weighted by Gasteiger charge is 2.14. The number of aliphatic hydroxyl groups excluding tert-OH is 1. The molecule has 2 heterocycles. The van der Waals surface area contributed by atoms with Gasteiger partial charge in [0, 0.05) is 26.7 Å². The molecule has 2 aromatic heterocycles. The Morgan fingerprint density at radius 2 is 1.91 bits per heavy atom. The molecule has 0 saturated heterocycles. The number of nitrogens with zero attached hydrogens (tertiary/aromatic N) is 1. The van der Waals surface area contributed by atoms with Crippen molar-refractivity contribution < 1.29 is 5.11 Å². The molecule has 0 aliphatic rings. The van der Waals surface area contributed by atoms with Crippen LogP contribution in [0.3, 0.4) is 0 Å². The molecule has 0 saturated carbocycles. The molecule has 0 spiro atoms. The van der Waals surface area contributed by atoms with Crippen LogP contribution in [0.2, 0.25) is 5.02 Å². The maximum atomic E-state index is 12.5. The van der Waals surface area contributed by atoms with E-state index in [1.54, 1.807) is 12.1 Å². The fourth-order valence-electron chi connectivity index (χ4n) is 2.92. The first-order valence-electron chi connectivity index (χ1n) is 6.83. The van der Waals surface area contributed by atoms with E-state index in [0.29, 0.717) is 21.6 Å². The predicted octanol–water partition coefficient (Wildman–Crippen LogP) is 3.38. The lowest BCUT2D eigenvalue weighted by Gasteiger charge is -2.10. The van der Waals surface area contributed by atoms with Crippen molar-refractivity contribution >= 4 is 44.2 Å². The van der Waals surface area contributed by atoms with Gasteiger partial charge in [-0.05, 0) is 24.3 Å². The lowest BCUT2D eigenvalue weighted by atomic mass is 10.0. The van der Waals surface area contributed by atoms with E-state index in [0.717, 1.165) is 21.7 Å². The number of fused-ring (bicyclic) bond motifs is 5. The molecule has 4 rings (SSSR count). The van der Waals surface area contributed by atoms with Crippen LogP contribution in [0.5, 0.6) is 0 Å². The van der Waals surface area contributed by atoms with Gasteiger partial charge in [0.25, 0.3) is 5.56 Å². The monoisotopic (exact) mass is 310 g/mol. The van der Waals surface area contributed by atoms with Gasteiger partial charge in [-0.1, -0.05) is 29.8 Å². The van der Waals surface area contributed by atoms with E-state index in [4.69, 9.17) is 11.6 Å². The van der Waals surface area contributed by atoms with Crippen LogP contribution < -0.4 is 5.56 Å². The van der Waals surface area contributed by atoms with Crippen LogP contribution in [0.25, 0.3) is 32.6 Å². The average molecular weight is 311 g/mol. The van der Waals surface area contributed by atoms with Crippen molar-refractivity contribution in [3.05, 3.63) is 63.5 Å². The second kappa shape index (κ2) is 4.80. The Morgan fingerprint density at radius 3 is 2.73 bits per heavy atom. The van der Waals surface area contributed by atoms with E-state index in [1.165, 1.54) is 0 Å². The van der Waals surface area contributed by atoms with E-state index in [9.17, 15) is 9.90 Å². The Bertz CT molecular complexity index is 1100. The molecule has 2 N–H and O–H groups in total. The minimum Gasteiger partial charge on any atom is -0.390 e. The van der Waals surface area contributed by atoms with Crippen molar-refractivity contribution in [2.75, 3.05) is 0 Å². The molecule has 108 valence electrons. The van der Waals surface area contributed by atoms with Crippen molar-refractivity contribution in [1.29, 1.82) is 0 Å². The maximum absolute atomic E-state index is 12.5.